The second-order valence-corrected chi connectivity index (χ2v) is 2.89. The van der Waals surface area contributed by atoms with Crippen molar-refractivity contribution < 1.29 is 15.2 Å². The highest BCUT2D eigenvalue weighted by atomic mass is 16.6. The third-order valence-corrected chi connectivity index (χ3v) is 1.67. The van der Waals surface area contributed by atoms with Crippen LogP contribution in [0.1, 0.15) is 5.56 Å². The Bertz CT molecular complexity index is 351. The predicted molar refractivity (Wildman–Crippen MR) is 48.0 cm³/mol. The van der Waals surface area contributed by atoms with Crippen LogP contribution in [-0.4, -0.2) is 27.3 Å². The van der Waals surface area contributed by atoms with Crippen LogP contribution in [-0.2, 0) is 6.54 Å². The number of rotatable bonds is 3. The molecule has 1 aromatic carbocycles. The van der Waals surface area contributed by atoms with Gasteiger partial charge in [0.25, 0.3) is 5.69 Å². The van der Waals surface area contributed by atoms with Gasteiger partial charge in [-0.2, -0.15) is 5.06 Å². The average Bonchev–Trinajstić information content (AvgIpc) is 2.07. The minimum Gasteiger partial charge on any atom is -0.508 e. The van der Waals surface area contributed by atoms with Gasteiger partial charge >= 0.3 is 0 Å². The number of phenols is 1. The molecule has 14 heavy (non-hydrogen) atoms. The van der Waals surface area contributed by atoms with Crippen molar-refractivity contribution in [1.29, 1.82) is 0 Å². The standard InChI is InChI=1S/C8H10N2O4/c1-9(12)5-6-4-7(10(13)14)2-3-8(6)11/h2-4,11-12H,5H2,1H3. The second-order valence-electron chi connectivity index (χ2n) is 2.89. The fourth-order valence-electron chi connectivity index (χ4n) is 1.06. The maximum atomic E-state index is 10.4. The molecule has 0 heterocycles. The molecule has 0 radical (unpaired) electrons. The van der Waals surface area contributed by atoms with E-state index in [9.17, 15) is 15.2 Å². The molecule has 0 atom stereocenters. The quantitative estimate of drug-likeness (QED) is 0.561. The molecule has 1 aromatic rings. The molecule has 0 spiro atoms. The smallest absolute Gasteiger partial charge is 0.270 e. The van der Waals surface area contributed by atoms with E-state index in [4.69, 9.17) is 5.21 Å². The summed E-state index contributed by atoms with van der Waals surface area (Å²) in [6, 6.07) is 3.66. The third-order valence-electron chi connectivity index (χ3n) is 1.67. The molecule has 0 amide bonds. The van der Waals surface area contributed by atoms with E-state index in [2.05, 4.69) is 0 Å². The lowest BCUT2D eigenvalue weighted by atomic mass is 10.2. The van der Waals surface area contributed by atoms with Crippen molar-refractivity contribution in [2.45, 2.75) is 6.54 Å². The number of nitrogens with zero attached hydrogens (tertiary/aromatic N) is 2. The SMILES string of the molecule is CN(O)Cc1cc([N+](=O)[O-])ccc1O. The first-order valence-corrected chi connectivity index (χ1v) is 3.87. The van der Waals surface area contributed by atoms with Crippen molar-refractivity contribution in [2.75, 3.05) is 7.05 Å². The molecule has 0 aliphatic carbocycles. The van der Waals surface area contributed by atoms with Gasteiger partial charge in [0.05, 0.1) is 11.5 Å². The van der Waals surface area contributed by atoms with Gasteiger partial charge in [0, 0.05) is 24.7 Å². The molecule has 0 fully saturated rings. The Morgan fingerprint density at radius 3 is 2.71 bits per heavy atom. The lowest BCUT2D eigenvalue weighted by molar-refractivity contribution is -0.385. The topological polar surface area (TPSA) is 86.8 Å². The molecule has 1 rings (SSSR count). The van der Waals surface area contributed by atoms with E-state index in [1.807, 2.05) is 0 Å². The lowest BCUT2D eigenvalue weighted by Gasteiger charge is -2.08. The maximum absolute atomic E-state index is 10.4. The Labute approximate surface area is 80.1 Å². The summed E-state index contributed by atoms with van der Waals surface area (Å²) in [5.41, 5.74) is 0.198. The fraction of sp³-hybridized carbons (Fsp3) is 0.250. The number of phenolic OH excluding ortho intramolecular Hbond substituents is 1. The number of aromatic hydroxyl groups is 1. The summed E-state index contributed by atoms with van der Waals surface area (Å²) in [5.74, 6) is -0.0727. The van der Waals surface area contributed by atoms with E-state index in [0.29, 0.717) is 5.56 Å². The molecule has 0 saturated carbocycles. The van der Waals surface area contributed by atoms with Gasteiger partial charge in [0.2, 0.25) is 0 Å². The van der Waals surface area contributed by atoms with Gasteiger partial charge in [-0.15, -0.1) is 0 Å². The molecule has 6 nitrogen and oxygen atoms in total. The van der Waals surface area contributed by atoms with Crippen molar-refractivity contribution in [3.63, 3.8) is 0 Å². The van der Waals surface area contributed by atoms with Crippen molar-refractivity contribution in [3.8, 4) is 5.75 Å². The van der Waals surface area contributed by atoms with E-state index >= 15 is 0 Å². The van der Waals surface area contributed by atoms with Crippen molar-refractivity contribution in [1.82, 2.24) is 5.06 Å². The summed E-state index contributed by atoms with van der Waals surface area (Å²) < 4.78 is 0. The van der Waals surface area contributed by atoms with Crippen LogP contribution in [0.25, 0.3) is 0 Å². The monoisotopic (exact) mass is 198 g/mol. The molecule has 0 aliphatic rings. The van der Waals surface area contributed by atoms with E-state index in [0.717, 1.165) is 5.06 Å². The summed E-state index contributed by atoms with van der Waals surface area (Å²) in [6.07, 6.45) is 0. The van der Waals surface area contributed by atoms with Gasteiger partial charge in [0.1, 0.15) is 5.75 Å². The third kappa shape index (κ3) is 2.41. The number of nitro benzene ring substituents is 1. The van der Waals surface area contributed by atoms with E-state index in [-0.39, 0.29) is 18.0 Å². The molecule has 0 saturated heterocycles. The Kier molecular flexibility index (Phi) is 3.00. The van der Waals surface area contributed by atoms with Crippen LogP contribution in [0.3, 0.4) is 0 Å². The van der Waals surface area contributed by atoms with E-state index < -0.39 is 4.92 Å². The highest BCUT2D eigenvalue weighted by molar-refractivity contribution is 5.42. The van der Waals surface area contributed by atoms with Crippen LogP contribution in [0.5, 0.6) is 5.75 Å². The number of hydroxylamine groups is 2. The van der Waals surface area contributed by atoms with Crippen LogP contribution in [0.15, 0.2) is 18.2 Å². The second kappa shape index (κ2) is 4.03. The number of nitro groups is 1. The zero-order chi connectivity index (χ0) is 10.7. The Morgan fingerprint density at radius 1 is 1.57 bits per heavy atom. The normalized spacial score (nSPS) is 10.5. The zero-order valence-corrected chi connectivity index (χ0v) is 7.54. The van der Waals surface area contributed by atoms with Crippen LogP contribution in [0.4, 0.5) is 5.69 Å². The molecule has 0 unspecified atom stereocenters. The van der Waals surface area contributed by atoms with Gasteiger partial charge in [-0.25, -0.2) is 0 Å². The minimum absolute atomic E-state index is 0.0352. The summed E-state index contributed by atoms with van der Waals surface area (Å²) in [6.45, 7) is 0.0352. The van der Waals surface area contributed by atoms with Gasteiger partial charge in [-0.3, -0.25) is 10.1 Å². The predicted octanol–water partition coefficient (Wildman–Crippen LogP) is 1.12. The fourth-order valence-corrected chi connectivity index (χ4v) is 1.06. The Hall–Kier alpha value is -1.66. The van der Waals surface area contributed by atoms with Crippen LogP contribution >= 0.6 is 0 Å². The molecule has 0 bridgehead atoms. The van der Waals surface area contributed by atoms with Crippen molar-refractivity contribution in [3.05, 3.63) is 33.9 Å². The Balaban J connectivity index is 3.02. The van der Waals surface area contributed by atoms with E-state index in [1.54, 1.807) is 0 Å². The maximum Gasteiger partial charge on any atom is 0.270 e. The highest BCUT2D eigenvalue weighted by Gasteiger charge is 2.10. The number of hydrogen-bond acceptors (Lipinski definition) is 5. The molecule has 6 heteroatoms. The van der Waals surface area contributed by atoms with Gasteiger partial charge in [-0.05, 0) is 6.07 Å². The van der Waals surface area contributed by atoms with Crippen LogP contribution < -0.4 is 0 Å². The minimum atomic E-state index is -0.555. The molecule has 0 aliphatic heterocycles. The first-order valence-electron chi connectivity index (χ1n) is 3.87. The summed E-state index contributed by atoms with van der Waals surface area (Å²) >= 11 is 0. The van der Waals surface area contributed by atoms with E-state index in [1.165, 1.54) is 25.2 Å². The lowest BCUT2D eigenvalue weighted by Crippen LogP contribution is -2.11. The summed E-state index contributed by atoms with van der Waals surface area (Å²) in [4.78, 5) is 9.84. The molecular weight excluding hydrogens is 188 g/mol. The van der Waals surface area contributed by atoms with Crippen molar-refractivity contribution >= 4 is 5.69 Å². The molecule has 76 valence electrons. The first kappa shape index (κ1) is 10.4. The first-order chi connectivity index (χ1) is 6.50. The molecule has 0 aromatic heterocycles. The van der Waals surface area contributed by atoms with Gasteiger partial charge < -0.3 is 10.3 Å². The molecule has 2 N–H and O–H groups in total. The summed E-state index contributed by atoms with van der Waals surface area (Å²) in [5, 5.41) is 29.4. The largest absolute Gasteiger partial charge is 0.508 e. The van der Waals surface area contributed by atoms with Gasteiger partial charge in [0.15, 0.2) is 0 Å². The van der Waals surface area contributed by atoms with Crippen molar-refractivity contribution in [2.24, 2.45) is 0 Å². The average molecular weight is 198 g/mol. The van der Waals surface area contributed by atoms with Gasteiger partial charge in [-0.1, -0.05) is 0 Å². The zero-order valence-electron chi connectivity index (χ0n) is 7.54. The number of non-ortho nitro benzene ring substituents is 1. The molecular formula is C8H10N2O4. The number of hydrogen-bond donors (Lipinski definition) is 2. The van der Waals surface area contributed by atoms with Crippen LogP contribution in [0, 0.1) is 10.1 Å². The summed E-state index contributed by atoms with van der Waals surface area (Å²) in [7, 11) is 1.39. The van der Waals surface area contributed by atoms with Crippen LogP contribution in [0.2, 0.25) is 0 Å². The highest BCUT2D eigenvalue weighted by Crippen LogP contribution is 2.23. The Morgan fingerprint density at radius 2 is 2.21 bits per heavy atom. The number of benzene rings is 1.